The Morgan fingerprint density at radius 1 is 1.20 bits per heavy atom. The van der Waals surface area contributed by atoms with Crippen LogP contribution in [-0.4, -0.2) is 24.7 Å². The van der Waals surface area contributed by atoms with E-state index in [1.54, 1.807) is 0 Å². The van der Waals surface area contributed by atoms with Gasteiger partial charge in [0, 0.05) is 24.7 Å². The third-order valence-corrected chi connectivity index (χ3v) is 3.43. The fourth-order valence-corrected chi connectivity index (χ4v) is 2.97. The fraction of sp³-hybridized carbons (Fsp3) is 1.00. The van der Waals surface area contributed by atoms with Gasteiger partial charge in [0.1, 0.15) is 0 Å². The minimum absolute atomic E-state index is 0.812. The fourth-order valence-electron chi connectivity index (χ4n) is 2.97. The molecule has 0 amide bonds. The van der Waals surface area contributed by atoms with Gasteiger partial charge in [-0.05, 0) is 25.2 Å². The lowest BCUT2D eigenvalue weighted by Gasteiger charge is -2.28. The highest BCUT2D eigenvalue weighted by molar-refractivity contribution is 5.06. The molecule has 2 heterocycles. The molecule has 0 aromatic rings. The molecule has 10 heavy (non-hydrogen) atoms. The van der Waals surface area contributed by atoms with E-state index in [1.165, 1.54) is 25.8 Å². The molecule has 3 aliphatic rings. The first-order valence-corrected chi connectivity index (χ1v) is 4.43. The molecule has 2 N–H and O–H groups in total. The molecule has 0 aromatic carbocycles. The van der Waals surface area contributed by atoms with Crippen LogP contribution in [0.15, 0.2) is 0 Å². The van der Waals surface area contributed by atoms with Gasteiger partial charge < -0.3 is 10.6 Å². The Labute approximate surface area is 61.4 Å². The Hall–Kier alpha value is -0.0800. The normalized spacial score (nSPS) is 57.6. The van der Waals surface area contributed by atoms with E-state index in [0.717, 1.165) is 24.0 Å². The lowest BCUT2D eigenvalue weighted by molar-refractivity contribution is 0.345. The van der Waals surface area contributed by atoms with Gasteiger partial charge in [-0.1, -0.05) is 0 Å². The van der Waals surface area contributed by atoms with Crippen molar-refractivity contribution in [3.05, 3.63) is 0 Å². The molecule has 2 heteroatoms. The molecule has 4 atom stereocenters. The number of hydrogen-bond acceptors (Lipinski definition) is 2. The maximum atomic E-state index is 3.69. The summed E-state index contributed by atoms with van der Waals surface area (Å²) in [5.41, 5.74) is 0. The summed E-state index contributed by atoms with van der Waals surface area (Å²) in [7, 11) is 0. The van der Waals surface area contributed by atoms with E-state index in [9.17, 15) is 0 Å². The monoisotopic (exact) mass is 138 g/mol. The lowest BCUT2D eigenvalue weighted by atomic mass is 10.0. The van der Waals surface area contributed by atoms with E-state index in [-0.39, 0.29) is 0 Å². The Kier molecular flexibility index (Phi) is 0.968. The first kappa shape index (κ1) is 5.56. The van der Waals surface area contributed by atoms with Crippen molar-refractivity contribution in [2.45, 2.75) is 37.4 Å². The first-order chi connectivity index (χ1) is 4.93. The largest absolute Gasteiger partial charge is 0.311 e. The van der Waals surface area contributed by atoms with Gasteiger partial charge in [-0.15, -0.1) is 0 Å². The van der Waals surface area contributed by atoms with Crippen LogP contribution in [0, 0.1) is 5.92 Å². The maximum absolute atomic E-state index is 3.69. The molecule has 0 aromatic heterocycles. The van der Waals surface area contributed by atoms with Crippen LogP contribution in [0.4, 0.5) is 0 Å². The number of rotatable bonds is 0. The molecular formula is C8H14N2. The molecule has 4 unspecified atom stereocenters. The molecule has 1 aliphatic carbocycles. The summed E-state index contributed by atoms with van der Waals surface area (Å²) in [6.45, 7) is 1.22. The standard InChI is InChI=1S/C8H14N2/c1-2-7-8-5(1)3-6(10-8)4-9-7/h5-10H,1-4H2. The van der Waals surface area contributed by atoms with E-state index in [1.807, 2.05) is 0 Å². The van der Waals surface area contributed by atoms with E-state index < -0.39 is 0 Å². The number of hydrogen-bond donors (Lipinski definition) is 2. The van der Waals surface area contributed by atoms with E-state index in [0.29, 0.717) is 0 Å². The molecular weight excluding hydrogens is 124 g/mol. The molecule has 0 spiro atoms. The van der Waals surface area contributed by atoms with E-state index in [2.05, 4.69) is 10.6 Å². The summed E-state index contributed by atoms with van der Waals surface area (Å²) in [6, 6.07) is 2.48. The molecule has 3 rings (SSSR count). The maximum Gasteiger partial charge on any atom is 0.0253 e. The summed E-state index contributed by atoms with van der Waals surface area (Å²) >= 11 is 0. The molecule has 3 fully saturated rings. The van der Waals surface area contributed by atoms with Gasteiger partial charge in [0.25, 0.3) is 0 Å². The predicted molar refractivity (Wildman–Crippen MR) is 39.8 cm³/mol. The molecule has 2 bridgehead atoms. The van der Waals surface area contributed by atoms with Crippen molar-refractivity contribution in [1.29, 1.82) is 0 Å². The summed E-state index contributed by atoms with van der Waals surface area (Å²) < 4.78 is 0. The second-order valence-electron chi connectivity index (χ2n) is 3.98. The van der Waals surface area contributed by atoms with Crippen LogP contribution in [0.1, 0.15) is 19.3 Å². The average Bonchev–Trinajstić information content (AvgIpc) is 2.38. The quantitative estimate of drug-likeness (QED) is 0.496. The van der Waals surface area contributed by atoms with Crippen molar-refractivity contribution in [2.24, 2.45) is 5.92 Å². The van der Waals surface area contributed by atoms with E-state index in [4.69, 9.17) is 0 Å². The number of piperazine rings is 1. The third-order valence-electron chi connectivity index (χ3n) is 3.43. The zero-order valence-electron chi connectivity index (χ0n) is 6.14. The summed E-state index contributed by atoms with van der Waals surface area (Å²) in [5.74, 6) is 1.02. The van der Waals surface area contributed by atoms with Gasteiger partial charge >= 0.3 is 0 Å². The minimum atomic E-state index is 0.812. The Balaban J connectivity index is 1.94. The minimum Gasteiger partial charge on any atom is -0.311 e. The van der Waals surface area contributed by atoms with Gasteiger partial charge in [-0.25, -0.2) is 0 Å². The zero-order valence-corrected chi connectivity index (χ0v) is 6.14. The van der Waals surface area contributed by atoms with Crippen molar-refractivity contribution in [2.75, 3.05) is 6.54 Å². The Morgan fingerprint density at radius 2 is 2.20 bits per heavy atom. The van der Waals surface area contributed by atoms with E-state index >= 15 is 0 Å². The van der Waals surface area contributed by atoms with Crippen molar-refractivity contribution < 1.29 is 0 Å². The summed E-state index contributed by atoms with van der Waals surface area (Å²) in [4.78, 5) is 0. The molecule has 1 saturated carbocycles. The molecule has 2 nitrogen and oxygen atoms in total. The van der Waals surface area contributed by atoms with Crippen molar-refractivity contribution >= 4 is 0 Å². The third kappa shape index (κ3) is 0.565. The van der Waals surface area contributed by atoms with Crippen molar-refractivity contribution in [3.63, 3.8) is 0 Å². The van der Waals surface area contributed by atoms with Crippen LogP contribution in [0.3, 0.4) is 0 Å². The lowest BCUT2D eigenvalue weighted by Crippen LogP contribution is -2.54. The van der Waals surface area contributed by atoms with Gasteiger partial charge in [0.2, 0.25) is 0 Å². The van der Waals surface area contributed by atoms with Crippen molar-refractivity contribution in [3.8, 4) is 0 Å². The van der Waals surface area contributed by atoms with Crippen LogP contribution >= 0.6 is 0 Å². The summed E-state index contributed by atoms with van der Waals surface area (Å²) in [5, 5.41) is 7.30. The number of fused-ring (bicyclic) bond motifs is 1. The second-order valence-corrected chi connectivity index (χ2v) is 3.98. The zero-order chi connectivity index (χ0) is 6.55. The highest BCUT2D eigenvalue weighted by atomic mass is 15.2. The van der Waals surface area contributed by atoms with Crippen LogP contribution in [-0.2, 0) is 0 Å². The number of nitrogens with one attached hydrogen (secondary N) is 2. The Bertz CT molecular complexity index is 149. The van der Waals surface area contributed by atoms with Crippen LogP contribution in [0.2, 0.25) is 0 Å². The predicted octanol–water partition coefficient (Wildman–Crippen LogP) is 0.0987. The van der Waals surface area contributed by atoms with Crippen LogP contribution in [0.25, 0.3) is 0 Å². The molecule has 0 radical (unpaired) electrons. The van der Waals surface area contributed by atoms with Crippen molar-refractivity contribution in [1.82, 2.24) is 10.6 Å². The van der Waals surface area contributed by atoms with Crippen LogP contribution in [0.5, 0.6) is 0 Å². The molecule has 56 valence electrons. The van der Waals surface area contributed by atoms with Gasteiger partial charge in [-0.3, -0.25) is 0 Å². The van der Waals surface area contributed by atoms with Crippen LogP contribution < -0.4 is 10.6 Å². The average molecular weight is 138 g/mol. The molecule has 2 saturated heterocycles. The second kappa shape index (κ2) is 1.74. The highest BCUT2D eigenvalue weighted by Gasteiger charge is 2.45. The SMILES string of the molecule is C1NC2CCC3CC1NC32. The highest BCUT2D eigenvalue weighted by Crippen LogP contribution is 2.37. The summed E-state index contributed by atoms with van der Waals surface area (Å²) in [6.07, 6.45) is 4.31. The Morgan fingerprint density at radius 3 is 3.20 bits per heavy atom. The molecule has 2 aliphatic heterocycles. The van der Waals surface area contributed by atoms with Gasteiger partial charge in [-0.2, -0.15) is 0 Å². The smallest absolute Gasteiger partial charge is 0.0253 e. The van der Waals surface area contributed by atoms with Gasteiger partial charge in [0.15, 0.2) is 0 Å². The topological polar surface area (TPSA) is 24.1 Å². The first-order valence-electron chi connectivity index (χ1n) is 4.43. The van der Waals surface area contributed by atoms with Gasteiger partial charge in [0.05, 0.1) is 0 Å².